The highest BCUT2D eigenvalue weighted by atomic mass is 16.5. The molecule has 0 amide bonds. The van der Waals surface area contributed by atoms with Gasteiger partial charge in [-0.1, -0.05) is 30.3 Å². The van der Waals surface area contributed by atoms with E-state index in [1.165, 1.54) is 0 Å². The number of hydrogen-bond donors (Lipinski definition) is 1. The van der Waals surface area contributed by atoms with Crippen LogP contribution in [0, 0.1) is 4.91 Å². The fraction of sp³-hybridized carbons (Fsp3) is 0.250. The number of benzene rings is 1. The molecule has 0 bridgehead atoms. The van der Waals surface area contributed by atoms with Crippen molar-refractivity contribution in [2.24, 2.45) is 5.18 Å². The van der Waals surface area contributed by atoms with E-state index in [9.17, 15) is 14.8 Å². The zero-order valence-electron chi connectivity index (χ0n) is 9.42. The summed E-state index contributed by atoms with van der Waals surface area (Å²) in [6.07, 6.45) is 0.683. The Hall–Kier alpha value is -2.17. The molecule has 0 aliphatic carbocycles. The number of ether oxygens (including phenoxy) is 1. The molecular weight excluding hydrogens is 222 g/mol. The first-order valence-corrected chi connectivity index (χ1v) is 5.06. The Balaban J connectivity index is 2.70. The van der Waals surface area contributed by atoms with Crippen molar-refractivity contribution in [1.29, 1.82) is 0 Å². The van der Waals surface area contributed by atoms with Gasteiger partial charge in [-0.25, -0.2) is 4.79 Å². The third-order valence-electron chi connectivity index (χ3n) is 2.24. The van der Waals surface area contributed by atoms with Gasteiger partial charge in [-0.2, -0.15) is 0 Å². The first-order valence-electron chi connectivity index (χ1n) is 5.06. The lowest BCUT2D eigenvalue weighted by Gasteiger charge is -2.03. The van der Waals surface area contributed by atoms with Crippen LogP contribution in [0.15, 0.2) is 47.0 Å². The second-order valence-electron chi connectivity index (χ2n) is 3.36. The van der Waals surface area contributed by atoms with E-state index in [2.05, 4.69) is 9.91 Å². The minimum Gasteiger partial charge on any atom is -0.510 e. The van der Waals surface area contributed by atoms with Crippen molar-refractivity contribution in [3.63, 3.8) is 0 Å². The summed E-state index contributed by atoms with van der Waals surface area (Å²) in [5.41, 5.74) is 0.428. The van der Waals surface area contributed by atoms with Gasteiger partial charge >= 0.3 is 5.97 Å². The van der Waals surface area contributed by atoms with Crippen LogP contribution in [0.3, 0.4) is 0 Å². The normalized spacial score (nSPS) is 11.6. The number of allylic oxidation sites excluding steroid dienone is 1. The molecule has 0 heterocycles. The van der Waals surface area contributed by atoms with Crippen LogP contribution in [-0.2, 0) is 16.0 Å². The quantitative estimate of drug-likeness (QED) is 0.368. The molecule has 0 aliphatic rings. The number of carbonyl (C=O) groups excluding carboxylic acids is 1. The minimum absolute atomic E-state index is 0.167. The topological polar surface area (TPSA) is 76.0 Å². The molecule has 17 heavy (non-hydrogen) atoms. The van der Waals surface area contributed by atoms with E-state index in [4.69, 9.17) is 0 Å². The minimum atomic E-state index is -0.925. The van der Waals surface area contributed by atoms with E-state index in [1.54, 1.807) is 0 Å². The fourth-order valence-corrected chi connectivity index (χ4v) is 1.33. The lowest BCUT2D eigenvalue weighted by atomic mass is 10.1. The molecule has 0 atom stereocenters. The Morgan fingerprint density at radius 1 is 1.35 bits per heavy atom. The Labute approximate surface area is 98.7 Å². The van der Waals surface area contributed by atoms with Gasteiger partial charge in [-0.05, 0) is 17.2 Å². The van der Waals surface area contributed by atoms with Gasteiger partial charge in [-0.15, -0.1) is 4.91 Å². The predicted molar refractivity (Wildman–Crippen MR) is 62.2 cm³/mol. The molecule has 1 N–H and O–H groups in total. The second-order valence-corrected chi connectivity index (χ2v) is 3.36. The van der Waals surface area contributed by atoms with Crippen LogP contribution in [0.1, 0.15) is 12.0 Å². The zero-order chi connectivity index (χ0) is 12.7. The van der Waals surface area contributed by atoms with E-state index in [1.807, 2.05) is 30.3 Å². The Kier molecular flexibility index (Phi) is 4.87. The number of aryl methyl sites for hydroxylation is 1. The first kappa shape index (κ1) is 12.9. The smallest absolute Gasteiger partial charge is 0.363 e. The summed E-state index contributed by atoms with van der Waals surface area (Å²) in [6.45, 7) is 0. The molecule has 1 aromatic rings. The van der Waals surface area contributed by atoms with Gasteiger partial charge in [0.05, 0.1) is 7.11 Å². The van der Waals surface area contributed by atoms with Crippen molar-refractivity contribution >= 4 is 5.97 Å². The molecule has 5 nitrogen and oxygen atoms in total. The van der Waals surface area contributed by atoms with Gasteiger partial charge in [0.15, 0.2) is 0 Å². The summed E-state index contributed by atoms with van der Waals surface area (Å²) in [4.78, 5) is 21.5. The lowest BCUT2D eigenvalue weighted by Crippen LogP contribution is -2.06. The molecule has 1 rings (SSSR count). The molecular formula is C12H13NO4. The number of nitroso groups, excluding NO2 is 1. The summed E-state index contributed by atoms with van der Waals surface area (Å²) in [5.74, 6) is -1.28. The molecule has 0 aliphatic heterocycles. The zero-order valence-corrected chi connectivity index (χ0v) is 9.42. The molecule has 1 aromatic carbocycles. The maximum absolute atomic E-state index is 11.1. The number of nitrogens with zero attached hydrogens (tertiary/aromatic N) is 1. The second kappa shape index (κ2) is 6.42. The van der Waals surface area contributed by atoms with Crippen LogP contribution in [0.5, 0.6) is 0 Å². The van der Waals surface area contributed by atoms with Crippen LogP contribution in [0.25, 0.3) is 0 Å². The maximum atomic E-state index is 11.1. The largest absolute Gasteiger partial charge is 0.510 e. The SMILES string of the molecule is COC(=O)C(N=O)=C(O)CCc1ccccc1. The molecule has 0 aromatic heterocycles. The van der Waals surface area contributed by atoms with Crippen LogP contribution < -0.4 is 0 Å². The van der Waals surface area contributed by atoms with Gasteiger partial charge < -0.3 is 9.84 Å². The van der Waals surface area contributed by atoms with Crippen molar-refractivity contribution in [2.75, 3.05) is 7.11 Å². The van der Waals surface area contributed by atoms with Gasteiger partial charge in [0.2, 0.25) is 5.70 Å². The summed E-state index contributed by atoms with van der Waals surface area (Å²) in [5, 5.41) is 12.0. The maximum Gasteiger partial charge on any atom is 0.363 e. The monoisotopic (exact) mass is 235 g/mol. The summed E-state index contributed by atoms with van der Waals surface area (Å²) in [7, 11) is 1.12. The van der Waals surface area contributed by atoms with Crippen molar-refractivity contribution in [2.45, 2.75) is 12.8 Å². The molecule has 0 unspecified atom stereocenters. The number of esters is 1. The number of aliphatic hydroxyl groups excluding tert-OH is 1. The van der Waals surface area contributed by atoms with Gasteiger partial charge in [0, 0.05) is 6.42 Å². The fourth-order valence-electron chi connectivity index (χ4n) is 1.33. The lowest BCUT2D eigenvalue weighted by molar-refractivity contribution is -0.136. The number of methoxy groups -OCH3 is 1. The highest BCUT2D eigenvalue weighted by molar-refractivity contribution is 5.88. The summed E-state index contributed by atoms with van der Waals surface area (Å²) < 4.78 is 4.33. The summed E-state index contributed by atoms with van der Waals surface area (Å²) >= 11 is 0. The van der Waals surface area contributed by atoms with Gasteiger partial charge in [-0.3, -0.25) is 0 Å². The third-order valence-corrected chi connectivity index (χ3v) is 2.24. The average Bonchev–Trinajstić information content (AvgIpc) is 2.38. The van der Waals surface area contributed by atoms with Gasteiger partial charge in [0.1, 0.15) is 5.76 Å². The molecule has 0 saturated heterocycles. The Morgan fingerprint density at radius 2 is 2.00 bits per heavy atom. The molecule has 0 radical (unpaired) electrons. The van der Waals surface area contributed by atoms with Gasteiger partial charge in [0.25, 0.3) is 0 Å². The van der Waals surface area contributed by atoms with Crippen molar-refractivity contribution in [1.82, 2.24) is 0 Å². The highest BCUT2D eigenvalue weighted by Crippen LogP contribution is 2.12. The Morgan fingerprint density at radius 3 is 2.53 bits per heavy atom. The van der Waals surface area contributed by atoms with Crippen LogP contribution in [-0.4, -0.2) is 18.2 Å². The predicted octanol–water partition coefficient (Wildman–Crippen LogP) is 2.33. The van der Waals surface area contributed by atoms with E-state index in [0.29, 0.717) is 6.42 Å². The average molecular weight is 235 g/mol. The number of hydrogen-bond acceptors (Lipinski definition) is 5. The molecule has 0 fully saturated rings. The van der Waals surface area contributed by atoms with Crippen LogP contribution in [0.4, 0.5) is 0 Å². The Bertz CT molecular complexity index is 425. The highest BCUT2D eigenvalue weighted by Gasteiger charge is 2.16. The molecule has 90 valence electrons. The van der Waals surface area contributed by atoms with Crippen molar-refractivity contribution in [3.05, 3.63) is 52.3 Å². The molecule has 5 heteroatoms. The van der Waals surface area contributed by atoms with Crippen LogP contribution >= 0.6 is 0 Å². The number of aliphatic hydroxyl groups is 1. The summed E-state index contributed by atoms with van der Waals surface area (Å²) in [6, 6.07) is 9.40. The van der Waals surface area contributed by atoms with E-state index >= 15 is 0 Å². The molecule has 0 spiro atoms. The standard InChI is InChI=1S/C12H13NO4/c1-17-12(15)11(13-16)10(14)8-7-9-5-3-2-4-6-9/h2-6,14H,7-8H2,1H3. The third kappa shape index (κ3) is 3.71. The number of carbonyl (C=O) groups is 1. The number of rotatable bonds is 5. The van der Waals surface area contributed by atoms with E-state index < -0.39 is 11.7 Å². The first-order chi connectivity index (χ1) is 8.19. The van der Waals surface area contributed by atoms with Crippen LogP contribution in [0.2, 0.25) is 0 Å². The van der Waals surface area contributed by atoms with E-state index in [0.717, 1.165) is 12.7 Å². The van der Waals surface area contributed by atoms with E-state index in [-0.39, 0.29) is 12.2 Å². The molecule has 0 saturated carbocycles. The van der Waals surface area contributed by atoms with Crippen molar-refractivity contribution < 1.29 is 14.6 Å². The van der Waals surface area contributed by atoms with Crippen molar-refractivity contribution in [3.8, 4) is 0 Å².